The summed E-state index contributed by atoms with van der Waals surface area (Å²) in [6.45, 7) is 1.31. The molecule has 23 heavy (non-hydrogen) atoms. The molecule has 0 aromatic heterocycles. The molecule has 0 bridgehead atoms. The maximum atomic E-state index is 12.0. The number of hydrogen-bond donors (Lipinski definition) is 2. The lowest BCUT2D eigenvalue weighted by Crippen LogP contribution is -2.27. The van der Waals surface area contributed by atoms with E-state index in [9.17, 15) is 9.59 Å². The number of halogens is 1. The molecule has 6 heteroatoms. The van der Waals surface area contributed by atoms with Crippen molar-refractivity contribution in [2.75, 3.05) is 23.3 Å². The molecule has 3 amide bonds. The van der Waals surface area contributed by atoms with Gasteiger partial charge in [0.2, 0.25) is 5.91 Å². The smallest absolute Gasteiger partial charge is 0.321 e. The van der Waals surface area contributed by atoms with Crippen LogP contribution in [0.15, 0.2) is 48.5 Å². The predicted octanol–water partition coefficient (Wildman–Crippen LogP) is 3.05. The van der Waals surface area contributed by atoms with E-state index in [0.29, 0.717) is 23.8 Å². The molecular weight excluding hydrogens is 314 g/mol. The van der Waals surface area contributed by atoms with Gasteiger partial charge in [0.15, 0.2) is 0 Å². The first-order valence-corrected chi connectivity index (χ1v) is 7.69. The zero-order chi connectivity index (χ0) is 16.2. The molecule has 2 aromatic rings. The molecule has 0 unspecified atom stereocenters. The van der Waals surface area contributed by atoms with Crippen molar-refractivity contribution in [1.82, 2.24) is 5.32 Å². The fourth-order valence-corrected chi connectivity index (χ4v) is 2.56. The Bertz CT molecular complexity index is 714. The summed E-state index contributed by atoms with van der Waals surface area (Å²) in [5.41, 5.74) is 2.42. The van der Waals surface area contributed by atoms with E-state index in [2.05, 4.69) is 10.6 Å². The van der Waals surface area contributed by atoms with Crippen molar-refractivity contribution in [2.24, 2.45) is 0 Å². The molecule has 118 valence electrons. The van der Waals surface area contributed by atoms with E-state index in [4.69, 9.17) is 11.6 Å². The fraction of sp³-hybridized carbons (Fsp3) is 0.176. The molecule has 1 aliphatic rings. The van der Waals surface area contributed by atoms with Crippen molar-refractivity contribution >= 4 is 34.9 Å². The molecule has 0 aliphatic carbocycles. The largest absolute Gasteiger partial charge is 0.336 e. The van der Waals surface area contributed by atoms with Gasteiger partial charge in [-0.2, -0.15) is 0 Å². The summed E-state index contributed by atoms with van der Waals surface area (Å²) < 4.78 is 0. The highest BCUT2D eigenvalue weighted by Gasteiger charge is 2.20. The number of rotatable bonds is 4. The predicted molar refractivity (Wildman–Crippen MR) is 91.0 cm³/mol. The number of carbonyl (C=O) groups is 2. The maximum Gasteiger partial charge on any atom is 0.321 e. The number of urea groups is 1. The van der Waals surface area contributed by atoms with Crippen LogP contribution >= 0.6 is 11.6 Å². The van der Waals surface area contributed by atoms with Crippen LogP contribution in [0.1, 0.15) is 5.56 Å². The molecule has 1 heterocycles. The van der Waals surface area contributed by atoms with Gasteiger partial charge in [-0.15, -0.1) is 0 Å². The molecule has 2 aromatic carbocycles. The molecule has 1 fully saturated rings. The van der Waals surface area contributed by atoms with Crippen LogP contribution in [0, 0.1) is 0 Å². The maximum absolute atomic E-state index is 12.0. The number of hydrogen-bond acceptors (Lipinski definition) is 2. The van der Waals surface area contributed by atoms with Crippen molar-refractivity contribution < 1.29 is 9.59 Å². The lowest BCUT2D eigenvalue weighted by Gasteiger charge is -2.14. The van der Waals surface area contributed by atoms with Gasteiger partial charge in [0, 0.05) is 29.5 Å². The van der Waals surface area contributed by atoms with Crippen LogP contribution in [0.2, 0.25) is 5.02 Å². The van der Waals surface area contributed by atoms with Gasteiger partial charge >= 0.3 is 6.03 Å². The Labute approximate surface area is 139 Å². The van der Waals surface area contributed by atoms with Crippen LogP contribution < -0.4 is 15.5 Å². The van der Waals surface area contributed by atoms with E-state index in [-0.39, 0.29) is 18.4 Å². The number of nitrogens with zero attached hydrogens (tertiary/aromatic N) is 1. The Hall–Kier alpha value is -2.53. The highest BCUT2D eigenvalue weighted by Crippen LogP contribution is 2.19. The highest BCUT2D eigenvalue weighted by molar-refractivity contribution is 6.30. The summed E-state index contributed by atoms with van der Waals surface area (Å²) in [5, 5.41) is 6.25. The average molecular weight is 330 g/mol. The quantitative estimate of drug-likeness (QED) is 0.905. The summed E-state index contributed by atoms with van der Waals surface area (Å²) in [5.74, 6) is -0.0982. The van der Waals surface area contributed by atoms with Crippen LogP contribution in [0.3, 0.4) is 0 Å². The van der Waals surface area contributed by atoms with Crippen molar-refractivity contribution in [3.05, 3.63) is 59.1 Å². The molecule has 2 N–H and O–H groups in total. The van der Waals surface area contributed by atoms with E-state index >= 15 is 0 Å². The fourth-order valence-electron chi connectivity index (χ4n) is 2.44. The van der Waals surface area contributed by atoms with E-state index in [0.717, 1.165) is 11.3 Å². The van der Waals surface area contributed by atoms with Crippen molar-refractivity contribution in [3.63, 3.8) is 0 Å². The summed E-state index contributed by atoms with van der Waals surface area (Å²) >= 11 is 5.82. The van der Waals surface area contributed by atoms with Gasteiger partial charge in [-0.25, -0.2) is 4.79 Å². The lowest BCUT2D eigenvalue weighted by molar-refractivity contribution is -0.115. The molecule has 0 radical (unpaired) electrons. The molecule has 3 rings (SSSR count). The molecule has 0 spiro atoms. The SMILES string of the molecule is O=C(Cc1ccc(Cl)cc1)Nc1ccc(N2CCNC2=O)cc1. The number of nitrogens with one attached hydrogen (secondary N) is 2. The van der Waals surface area contributed by atoms with Gasteiger partial charge in [0.1, 0.15) is 0 Å². The van der Waals surface area contributed by atoms with E-state index in [1.807, 2.05) is 24.3 Å². The third-order valence-electron chi connectivity index (χ3n) is 3.60. The zero-order valence-electron chi connectivity index (χ0n) is 12.4. The number of amides is 3. The summed E-state index contributed by atoms with van der Waals surface area (Å²) in [7, 11) is 0. The number of benzene rings is 2. The van der Waals surface area contributed by atoms with E-state index in [1.54, 1.807) is 29.2 Å². The van der Waals surface area contributed by atoms with Crippen LogP contribution in [0.4, 0.5) is 16.2 Å². The second-order valence-electron chi connectivity index (χ2n) is 5.28. The standard InChI is InChI=1S/C17H16ClN3O2/c18-13-3-1-12(2-4-13)11-16(22)20-14-5-7-15(8-6-14)21-10-9-19-17(21)23/h1-8H,9-11H2,(H,19,23)(H,20,22). The molecule has 5 nitrogen and oxygen atoms in total. The first-order valence-electron chi connectivity index (χ1n) is 7.31. The molecule has 1 saturated heterocycles. The van der Waals surface area contributed by atoms with Gasteiger partial charge in [-0.1, -0.05) is 23.7 Å². The van der Waals surface area contributed by atoms with Gasteiger partial charge < -0.3 is 10.6 Å². The minimum Gasteiger partial charge on any atom is -0.336 e. The highest BCUT2D eigenvalue weighted by atomic mass is 35.5. The summed E-state index contributed by atoms with van der Waals surface area (Å²) in [6.07, 6.45) is 0.285. The van der Waals surface area contributed by atoms with Crippen molar-refractivity contribution in [1.29, 1.82) is 0 Å². The summed E-state index contributed by atoms with van der Waals surface area (Å²) in [4.78, 5) is 25.3. The van der Waals surface area contributed by atoms with Crippen molar-refractivity contribution in [3.8, 4) is 0 Å². The van der Waals surface area contributed by atoms with Gasteiger partial charge in [0.25, 0.3) is 0 Å². The second kappa shape index (κ2) is 6.71. The molecule has 0 atom stereocenters. The zero-order valence-corrected chi connectivity index (χ0v) is 13.1. The molecule has 0 saturated carbocycles. The Balaban J connectivity index is 1.60. The first kappa shape index (κ1) is 15.4. The Kier molecular flexibility index (Phi) is 4.48. The van der Waals surface area contributed by atoms with Gasteiger partial charge in [0.05, 0.1) is 6.42 Å². The van der Waals surface area contributed by atoms with E-state index in [1.165, 1.54) is 0 Å². The average Bonchev–Trinajstić information content (AvgIpc) is 2.96. The van der Waals surface area contributed by atoms with Crippen molar-refractivity contribution in [2.45, 2.75) is 6.42 Å². The monoisotopic (exact) mass is 329 g/mol. The Morgan fingerprint density at radius 1 is 1.13 bits per heavy atom. The normalized spacial score (nSPS) is 13.8. The van der Waals surface area contributed by atoms with E-state index < -0.39 is 0 Å². The Morgan fingerprint density at radius 3 is 2.43 bits per heavy atom. The van der Waals surface area contributed by atoms with Crippen LogP contribution in [-0.2, 0) is 11.2 Å². The van der Waals surface area contributed by atoms with Gasteiger partial charge in [-0.05, 0) is 42.0 Å². The molecular formula is C17H16ClN3O2. The third-order valence-corrected chi connectivity index (χ3v) is 3.85. The summed E-state index contributed by atoms with van der Waals surface area (Å²) in [6, 6.07) is 14.3. The minimum absolute atomic E-state index is 0.0930. The van der Waals surface area contributed by atoms with Crippen LogP contribution in [0.25, 0.3) is 0 Å². The lowest BCUT2D eigenvalue weighted by atomic mass is 10.1. The van der Waals surface area contributed by atoms with Crippen LogP contribution in [-0.4, -0.2) is 25.0 Å². The Morgan fingerprint density at radius 2 is 1.83 bits per heavy atom. The number of carbonyl (C=O) groups excluding carboxylic acids is 2. The topological polar surface area (TPSA) is 61.4 Å². The van der Waals surface area contributed by atoms with Crippen LogP contribution in [0.5, 0.6) is 0 Å². The second-order valence-corrected chi connectivity index (χ2v) is 5.72. The third kappa shape index (κ3) is 3.81. The van der Waals surface area contributed by atoms with Gasteiger partial charge in [-0.3, -0.25) is 9.69 Å². The first-order chi connectivity index (χ1) is 11.1. The minimum atomic E-state index is -0.0982. The number of anilines is 2. The molecule has 1 aliphatic heterocycles.